The molecule has 0 bridgehead atoms. The molecule has 1 aromatic heterocycles. The molecule has 1 unspecified atom stereocenters. The normalized spacial score (nSPS) is 12.2. The van der Waals surface area contributed by atoms with Crippen LogP contribution in [-0.4, -0.2) is 14.1 Å². The van der Waals surface area contributed by atoms with Crippen LogP contribution < -0.4 is 10.2 Å². The molecule has 0 radical (unpaired) electrons. The van der Waals surface area contributed by atoms with E-state index in [0.717, 1.165) is 16.4 Å². The Morgan fingerprint density at radius 3 is 2.67 bits per heavy atom. The maximum atomic E-state index is 6.07. The average molecular weight is 281 g/mol. The zero-order valence-electron chi connectivity index (χ0n) is 10.8. The van der Waals surface area contributed by atoms with Gasteiger partial charge in [-0.1, -0.05) is 11.6 Å². The first-order chi connectivity index (χ1) is 8.58. The molecule has 0 aliphatic carbocycles. The standard InChI is InChI=1S/C14H17ClN2S/c1-10(11-6-7-18-9-11)16-13-8-12(15)4-5-14(13)17(2)3/h4-10,16H,1-3H3. The summed E-state index contributed by atoms with van der Waals surface area (Å²) in [5.74, 6) is 0. The molecule has 96 valence electrons. The van der Waals surface area contributed by atoms with Crippen molar-refractivity contribution in [1.82, 2.24) is 0 Å². The third kappa shape index (κ3) is 2.98. The fraction of sp³-hybridized carbons (Fsp3) is 0.286. The smallest absolute Gasteiger partial charge is 0.0598 e. The molecule has 1 atom stereocenters. The molecule has 0 spiro atoms. The lowest BCUT2D eigenvalue weighted by atomic mass is 10.1. The van der Waals surface area contributed by atoms with Crippen LogP contribution >= 0.6 is 22.9 Å². The average Bonchev–Trinajstić information content (AvgIpc) is 2.81. The second-order valence-electron chi connectivity index (χ2n) is 4.48. The van der Waals surface area contributed by atoms with Crippen LogP contribution in [0, 0.1) is 0 Å². The molecular formula is C14H17ClN2S. The van der Waals surface area contributed by atoms with E-state index in [-0.39, 0.29) is 6.04 Å². The summed E-state index contributed by atoms with van der Waals surface area (Å²) in [6.45, 7) is 2.16. The van der Waals surface area contributed by atoms with E-state index in [0.29, 0.717) is 0 Å². The van der Waals surface area contributed by atoms with Crippen molar-refractivity contribution < 1.29 is 0 Å². The van der Waals surface area contributed by atoms with Gasteiger partial charge in [-0.05, 0) is 47.5 Å². The van der Waals surface area contributed by atoms with Crippen LogP contribution in [0.1, 0.15) is 18.5 Å². The van der Waals surface area contributed by atoms with Crippen LogP contribution in [0.2, 0.25) is 5.02 Å². The zero-order valence-corrected chi connectivity index (χ0v) is 12.3. The molecule has 2 rings (SSSR count). The Morgan fingerprint density at radius 1 is 1.28 bits per heavy atom. The molecule has 0 aliphatic heterocycles. The van der Waals surface area contributed by atoms with Gasteiger partial charge >= 0.3 is 0 Å². The first-order valence-corrected chi connectivity index (χ1v) is 7.15. The third-order valence-corrected chi connectivity index (χ3v) is 3.79. The summed E-state index contributed by atoms with van der Waals surface area (Å²) in [4.78, 5) is 2.08. The zero-order chi connectivity index (χ0) is 13.1. The summed E-state index contributed by atoms with van der Waals surface area (Å²) < 4.78 is 0. The number of benzene rings is 1. The van der Waals surface area contributed by atoms with Gasteiger partial charge in [0.15, 0.2) is 0 Å². The number of nitrogens with one attached hydrogen (secondary N) is 1. The topological polar surface area (TPSA) is 15.3 Å². The molecule has 2 nitrogen and oxygen atoms in total. The van der Waals surface area contributed by atoms with Crippen LogP contribution in [-0.2, 0) is 0 Å². The SMILES string of the molecule is CC(Nc1cc(Cl)ccc1N(C)C)c1ccsc1. The Hall–Kier alpha value is -1.19. The highest BCUT2D eigenvalue weighted by Crippen LogP contribution is 2.31. The Balaban J connectivity index is 2.25. The lowest BCUT2D eigenvalue weighted by Crippen LogP contribution is -2.13. The predicted molar refractivity (Wildman–Crippen MR) is 82.1 cm³/mol. The van der Waals surface area contributed by atoms with E-state index in [2.05, 4.69) is 34.0 Å². The van der Waals surface area contributed by atoms with E-state index >= 15 is 0 Å². The maximum Gasteiger partial charge on any atom is 0.0598 e. The first-order valence-electron chi connectivity index (χ1n) is 5.83. The van der Waals surface area contributed by atoms with Crippen molar-refractivity contribution in [1.29, 1.82) is 0 Å². The molecule has 0 saturated carbocycles. The molecular weight excluding hydrogens is 264 g/mol. The lowest BCUT2D eigenvalue weighted by molar-refractivity contribution is 0.888. The van der Waals surface area contributed by atoms with E-state index in [1.165, 1.54) is 5.56 Å². The minimum absolute atomic E-state index is 0.272. The van der Waals surface area contributed by atoms with Crippen LogP contribution in [0.3, 0.4) is 0 Å². The molecule has 1 N–H and O–H groups in total. The van der Waals surface area contributed by atoms with Gasteiger partial charge < -0.3 is 10.2 Å². The highest BCUT2D eigenvalue weighted by molar-refractivity contribution is 7.08. The molecule has 2 aromatic rings. The van der Waals surface area contributed by atoms with Gasteiger partial charge in [0.2, 0.25) is 0 Å². The van der Waals surface area contributed by atoms with Gasteiger partial charge in [-0.2, -0.15) is 11.3 Å². The Bertz CT molecular complexity index is 509. The fourth-order valence-corrected chi connectivity index (χ4v) is 2.78. The minimum atomic E-state index is 0.272. The van der Waals surface area contributed by atoms with Gasteiger partial charge in [-0.15, -0.1) is 0 Å². The van der Waals surface area contributed by atoms with Crippen molar-refractivity contribution in [2.24, 2.45) is 0 Å². The van der Waals surface area contributed by atoms with Gasteiger partial charge in [0.05, 0.1) is 11.4 Å². The molecule has 0 amide bonds. The summed E-state index contributed by atoms with van der Waals surface area (Å²) >= 11 is 7.79. The fourth-order valence-electron chi connectivity index (χ4n) is 1.85. The predicted octanol–water partition coefficient (Wildman–Crippen LogP) is 4.64. The molecule has 0 fully saturated rings. The number of hydrogen-bond acceptors (Lipinski definition) is 3. The molecule has 1 aromatic carbocycles. The third-order valence-electron chi connectivity index (χ3n) is 2.86. The van der Waals surface area contributed by atoms with Crippen molar-refractivity contribution >= 4 is 34.3 Å². The van der Waals surface area contributed by atoms with Crippen molar-refractivity contribution in [2.75, 3.05) is 24.3 Å². The summed E-state index contributed by atoms with van der Waals surface area (Å²) in [5.41, 5.74) is 3.50. The number of nitrogens with zero attached hydrogens (tertiary/aromatic N) is 1. The van der Waals surface area contributed by atoms with Gasteiger partial charge in [0.25, 0.3) is 0 Å². The summed E-state index contributed by atoms with van der Waals surface area (Å²) in [5, 5.41) is 8.53. The van der Waals surface area contributed by atoms with Gasteiger partial charge in [0.1, 0.15) is 0 Å². The van der Waals surface area contributed by atoms with Crippen LogP contribution in [0.15, 0.2) is 35.0 Å². The van der Waals surface area contributed by atoms with Crippen LogP contribution in [0.5, 0.6) is 0 Å². The number of hydrogen-bond donors (Lipinski definition) is 1. The Kier molecular flexibility index (Phi) is 4.15. The minimum Gasteiger partial charge on any atom is -0.377 e. The number of thiophene rings is 1. The first kappa shape index (κ1) is 13.2. The quantitative estimate of drug-likeness (QED) is 0.878. The Morgan fingerprint density at radius 2 is 2.06 bits per heavy atom. The van der Waals surface area contributed by atoms with E-state index in [1.807, 2.05) is 32.3 Å². The number of rotatable bonds is 4. The summed E-state index contributed by atoms with van der Waals surface area (Å²) in [7, 11) is 4.06. The van der Waals surface area contributed by atoms with Gasteiger partial charge in [-0.25, -0.2) is 0 Å². The van der Waals surface area contributed by atoms with Crippen molar-refractivity contribution in [3.63, 3.8) is 0 Å². The van der Waals surface area contributed by atoms with E-state index in [1.54, 1.807) is 11.3 Å². The second kappa shape index (κ2) is 5.63. The van der Waals surface area contributed by atoms with Crippen molar-refractivity contribution in [3.8, 4) is 0 Å². The van der Waals surface area contributed by atoms with Crippen molar-refractivity contribution in [3.05, 3.63) is 45.6 Å². The van der Waals surface area contributed by atoms with Crippen LogP contribution in [0.4, 0.5) is 11.4 Å². The van der Waals surface area contributed by atoms with Crippen LogP contribution in [0.25, 0.3) is 0 Å². The summed E-state index contributed by atoms with van der Waals surface area (Å²) in [6.07, 6.45) is 0. The summed E-state index contributed by atoms with van der Waals surface area (Å²) in [6, 6.07) is 8.33. The largest absolute Gasteiger partial charge is 0.377 e. The molecule has 1 heterocycles. The molecule has 0 aliphatic rings. The molecule has 0 saturated heterocycles. The van der Waals surface area contributed by atoms with Gasteiger partial charge in [-0.3, -0.25) is 0 Å². The highest BCUT2D eigenvalue weighted by atomic mass is 35.5. The van der Waals surface area contributed by atoms with E-state index in [4.69, 9.17) is 11.6 Å². The monoisotopic (exact) mass is 280 g/mol. The Labute approximate surface area is 117 Å². The van der Waals surface area contributed by atoms with E-state index in [9.17, 15) is 0 Å². The number of halogens is 1. The maximum absolute atomic E-state index is 6.07. The van der Waals surface area contributed by atoms with E-state index < -0.39 is 0 Å². The lowest BCUT2D eigenvalue weighted by Gasteiger charge is -2.22. The second-order valence-corrected chi connectivity index (χ2v) is 5.70. The molecule has 18 heavy (non-hydrogen) atoms. The van der Waals surface area contributed by atoms with Gasteiger partial charge in [0, 0.05) is 25.2 Å². The highest BCUT2D eigenvalue weighted by Gasteiger charge is 2.10. The van der Waals surface area contributed by atoms with Crippen molar-refractivity contribution in [2.45, 2.75) is 13.0 Å². The number of anilines is 2. The molecule has 4 heteroatoms.